The Morgan fingerprint density at radius 3 is 2.79 bits per heavy atom. The van der Waals surface area contributed by atoms with Crippen molar-refractivity contribution in [3.8, 4) is 17.6 Å². The van der Waals surface area contributed by atoms with Gasteiger partial charge in [-0.2, -0.15) is 5.26 Å². The molecule has 33 heavy (non-hydrogen) atoms. The molecule has 0 aliphatic carbocycles. The van der Waals surface area contributed by atoms with Gasteiger partial charge in [-0.25, -0.2) is 4.39 Å². The Morgan fingerprint density at radius 2 is 2.12 bits per heavy atom. The van der Waals surface area contributed by atoms with Crippen LogP contribution in [0.15, 0.2) is 48.7 Å². The Balaban J connectivity index is 2.07. The zero-order valence-electron chi connectivity index (χ0n) is 18.5. The van der Waals surface area contributed by atoms with Gasteiger partial charge >= 0.3 is 0 Å². The van der Waals surface area contributed by atoms with Gasteiger partial charge in [-0.15, -0.1) is 0 Å². The number of aromatic hydroxyl groups is 1. The normalized spacial score (nSPS) is 11.0. The van der Waals surface area contributed by atoms with Crippen molar-refractivity contribution in [2.75, 3.05) is 37.9 Å². The van der Waals surface area contributed by atoms with Crippen LogP contribution in [0.5, 0.6) is 11.5 Å². The number of aromatic nitrogens is 1. The maximum atomic E-state index is 13.5. The third kappa shape index (κ3) is 5.75. The molecular weight excluding hydrogens is 425 g/mol. The number of hydrogen-bond donors (Lipinski definition) is 3. The number of carbonyl (C=O) groups is 1. The molecular formula is C24H24FN5O3. The lowest BCUT2D eigenvalue weighted by Gasteiger charge is -2.16. The predicted molar refractivity (Wildman–Crippen MR) is 125 cm³/mol. The lowest BCUT2D eigenvalue weighted by atomic mass is 10.1. The molecule has 0 atom stereocenters. The van der Waals surface area contributed by atoms with Crippen LogP contribution in [0.1, 0.15) is 12.5 Å². The van der Waals surface area contributed by atoms with E-state index in [1.165, 1.54) is 24.4 Å². The number of nitriles is 1. The molecule has 1 amide bonds. The average Bonchev–Trinajstić information content (AvgIpc) is 2.77. The van der Waals surface area contributed by atoms with Gasteiger partial charge in [0.1, 0.15) is 11.8 Å². The van der Waals surface area contributed by atoms with Crippen molar-refractivity contribution in [2.45, 2.75) is 6.92 Å². The molecule has 3 N–H and O–H groups in total. The minimum absolute atomic E-state index is 0.235. The molecule has 0 spiro atoms. The highest BCUT2D eigenvalue weighted by atomic mass is 19.1. The van der Waals surface area contributed by atoms with Crippen LogP contribution in [0.2, 0.25) is 0 Å². The number of phenols is 1. The quantitative estimate of drug-likeness (QED) is 0.443. The van der Waals surface area contributed by atoms with E-state index < -0.39 is 11.6 Å². The molecule has 0 aliphatic rings. The van der Waals surface area contributed by atoms with Gasteiger partial charge in [0, 0.05) is 42.0 Å². The van der Waals surface area contributed by atoms with Crippen molar-refractivity contribution in [2.24, 2.45) is 0 Å². The Hall–Kier alpha value is -4.16. The molecule has 9 heteroatoms. The number of nitrogens with zero attached hydrogens (tertiary/aromatic N) is 3. The van der Waals surface area contributed by atoms with Gasteiger partial charge in [-0.05, 0) is 39.2 Å². The molecule has 0 aliphatic heterocycles. The van der Waals surface area contributed by atoms with Crippen molar-refractivity contribution in [1.82, 2.24) is 9.88 Å². The van der Waals surface area contributed by atoms with Gasteiger partial charge in [0.25, 0.3) is 0 Å². The van der Waals surface area contributed by atoms with E-state index in [4.69, 9.17) is 4.74 Å². The monoisotopic (exact) mass is 449 g/mol. The number of fused-ring (bicyclic) bond motifs is 1. The minimum Gasteiger partial charge on any atom is -0.505 e. The molecule has 0 saturated carbocycles. The Kier molecular flexibility index (Phi) is 7.43. The fourth-order valence-electron chi connectivity index (χ4n) is 3.09. The number of halogens is 1. The molecule has 0 radical (unpaired) electrons. The first-order valence-electron chi connectivity index (χ1n) is 10.2. The molecule has 1 aromatic heterocycles. The van der Waals surface area contributed by atoms with Crippen LogP contribution in [0, 0.1) is 17.1 Å². The molecule has 3 rings (SSSR count). The standard InChI is InChI=1S/C24H24FN5O3/c1-4-33-22-12-19-17(11-20(22)29-23(32)6-5-9-30(2)3)24(15(13-26)14-27-19)28-16-7-8-18(25)21(31)10-16/h5-8,10-12,14,31H,4,9H2,1-3H3,(H,27,28)(H,29,32)/b6-5+. The summed E-state index contributed by atoms with van der Waals surface area (Å²) < 4.78 is 19.1. The summed E-state index contributed by atoms with van der Waals surface area (Å²) in [5.41, 5.74) is 1.94. The van der Waals surface area contributed by atoms with Gasteiger partial charge < -0.3 is 25.4 Å². The summed E-state index contributed by atoms with van der Waals surface area (Å²) in [7, 11) is 3.79. The summed E-state index contributed by atoms with van der Waals surface area (Å²) >= 11 is 0. The highest BCUT2D eigenvalue weighted by molar-refractivity contribution is 6.04. The summed E-state index contributed by atoms with van der Waals surface area (Å²) in [6.07, 6.45) is 4.58. The number of phenolic OH excluding ortho intramolecular Hbond substituents is 1. The Morgan fingerprint density at radius 1 is 1.33 bits per heavy atom. The van der Waals surface area contributed by atoms with Gasteiger partial charge in [-0.3, -0.25) is 9.78 Å². The van der Waals surface area contributed by atoms with Crippen molar-refractivity contribution in [3.05, 3.63) is 60.1 Å². The number of hydrogen-bond acceptors (Lipinski definition) is 7. The summed E-state index contributed by atoms with van der Waals surface area (Å²) in [4.78, 5) is 18.7. The van der Waals surface area contributed by atoms with E-state index >= 15 is 0 Å². The van der Waals surface area contributed by atoms with Gasteiger partial charge in [-0.1, -0.05) is 6.08 Å². The summed E-state index contributed by atoms with van der Waals surface area (Å²) in [6, 6.07) is 9.19. The first kappa shape index (κ1) is 23.5. The highest BCUT2D eigenvalue weighted by Crippen LogP contribution is 2.36. The molecule has 8 nitrogen and oxygen atoms in total. The number of rotatable bonds is 8. The van der Waals surface area contributed by atoms with E-state index in [1.807, 2.05) is 25.9 Å². The van der Waals surface area contributed by atoms with E-state index in [0.29, 0.717) is 46.9 Å². The molecule has 0 fully saturated rings. The SMILES string of the molecule is CCOc1cc2ncc(C#N)c(Nc3ccc(F)c(O)c3)c2cc1NC(=O)/C=C/CN(C)C. The van der Waals surface area contributed by atoms with E-state index in [2.05, 4.69) is 21.7 Å². The molecule has 170 valence electrons. The number of nitrogens with one attached hydrogen (secondary N) is 2. The zero-order chi connectivity index (χ0) is 24.0. The second kappa shape index (κ2) is 10.4. The fourth-order valence-corrected chi connectivity index (χ4v) is 3.09. The van der Waals surface area contributed by atoms with Crippen molar-refractivity contribution >= 4 is 33.9 Å². The van der Waals surface area contributed by atoms with E-state index in [0.717, 1.165) is 6.07 Å². The fraction of sp³-hybridized carbons (Fsp3) is 0.208. The van der Waals surface area contributed by atoms with Crippen molar-refractivity contribution in [3.63, 3.8) is 0 Å². The number of benzene rings is 2. The number of ether oxygens (including phenoxy) is 1. The maximum absolute atomic E-state index is 13.5. The van der Waals surface area contributed by atoms with E-state index in [9.17, 15) is 19.6 Å². The molecule has 1 heterocycles. The van der Waals surface area contributed by atoms with E-state index in [1.54, 1.807) is 18.2 Å². The number of pyridine rings is 1. The summed E-state index contributed by atoms with van der Waals surface area (Å²) in [6.45, 7) is 2.81. The van der Waals surface area contributed by atoms with Gasteiger partial charge in [0.05, 0.1) is 29.1 Å². The van der Waals surface area contributed by atoms with Crippen molar-refractivity contribution < 1.29 is 19.0 Å². The van der Waals surface area contributed by atoms with Crippen LogP contribution in [-0.4, -0.2) is 48.1 Å². The predicted octanol–water partition coefficient (Wildman–Crippen LogP) is 4.15. The topological polar surface area (TPSA) is 111 Å². The Bertz CT molecular complexity index is 1250. The second-order valence-corrected chi connectivity index (χ2v) is 7.40. The van der Waals surface area contributed by atoms with Crippen molar-refractivity contribution in [1.29, 1.82) is 5.26 Å². The van der Waals surface area contributed by atoms with Crippen LogP contribution in [0.3, 0.4) is 0 Å². The van der Waals surface area contributed by atoms with Crippen LogP contribution in [0.4, 0.5) is 21.5 Å². The zero-order valence-corrected chi connectivity index (χ0v) is 18.5. The molecule has 3 aromatic rings. The average molecular weight is 449 g/mol. The van der Waals surface area contributed by atoms with Gasteiger partial charge in [0.2, 0.25) is 5.91 Å². The maximum Gasteiger partial charge on any atom is 0.248 e. The van der Waals surface area contributed by atoms with Crippen LogP contribution >= 0.6 is 0 Å². The summed E-state index contributed by atoms with van der Waals surface area (Å²) in [5.74, 6) is -1.18. The summed E-state index contributed by atoms with van der Waals surface area (Å²) in [5, 5.41) is 25.7. The third-order valence-electron chi connectivity index (χ3n) is 4.60. The molecule has 0 unspecified atom stereocenters. The Labute approximate surface area is 190 Å². The lowest BCUT2D eigenvalue weighted by molar-refractivity contribution is -0.111. The van der Waals surface area contributed by atoms with Crippen LogP contribution < -0.4 is 15.4 Å². The number of amides is 1. The largest absolute Gasteiger partial charge is 0.505 e. The third-order valence-corrected chi connectivity index (χ3v) is 4.60. The molecule has 0 saturated heterocycles. The first-order chi connectivity index (χ1) is 15.8. The number of carbonyl (C=O) groups excluding carboxylic acids is 1. The van der Waals surface area contributed by atoms with Gasteiger partial charge in [0.15, 0.2) is 11.6 Å². The number of anilines is 3. The van der Waals surface area contributed by atoms with Crippen LogP contribution in [0.25, 0.3) is 10.9 Å². The van der Waals surface area contributed by atoms with E-state index in [-0.39, 0.29) is 11.5 Å². The highest BCUT2D eigenvalue weighted by Gasteiger charge is 2.15. The second-order valence-electron chi connectivity index (χ2n) is 7.40. The number of likely N-dealkylation sites (N-methyl/N-ethyl adjacent to an activating group) is 1. The molecule has 0 bridgehead atoms. The van der Waals surface area contributed by atoms with Crippen LogP contribution in [-0.2, 0) is 4.79 Å². The smallest absolute Gasteiger partial charge is 0.248 e. The minimum atomic E-state index is -0.755. The first-order valence-corrected chi connectivity index (χ1v) is 10.2. The lowest BCUT2D eigenvalue weighted by Crippen LogP contribution is -2.13. The molecule has 2 aromatic carbocycles.